The monoisotopic (exact) mass is 274 g/mol. The molecule has 0 aliphatic heterocycles. The molecule has 0 saturated carbocycles. The fraction of sp³-hybridized carbons (Fsp3) is 0.154. The van der Waals surface area contributed by atoms with Crippen LogP contribution in [0.15, 0.2) is 41.8 Å². The number of carbonyl (C=O) groups excluding carboxylic acids is 1. The third-order valence-electron chi connectivity index (χ3n) is 2.29. The second-order valence-electron chi connectivity index (χ2n) is 3.79. The first kappa shape index (κ1) is 13.4. The number of benzene rings is 1. The van der Waals surface area contributed by atoms with E-state index in [4.69, 9.17) is 0 Å². The van der Waals surface area contributed by atoms with Gasteiger partial charge in [0.1, 0.15) is 5.82 Å². The largest absolute Gasteiger partial charge is 0.318 e. The van der Waals surface area contributed by atoms with Gasteiger partial charge in [0, 0.05) is 10.6 Å². The van der Waals surface area contributed by atoms with E-state index in [0.717, 1.165) is 16.3 Å². The lowest BCUT2D eigenvalue weighted by Crippen LogP contribution is -2.14. The van der Waals surface area contributed by atoms with Gasteiger partial charge in [-0.3, -0.25) is 9.89 Å². The van der Waals surface area contributed by atoms with Gasteiger partial charge in [-0.15, -0.1) is 23.4 Å². The molecule has 0 unspecified atom stereocenters. The number of nitrogens with zero attached hydrogens (tertiary/aromatic N) is 2. The summed E-state index contributed by atoms with van der Waals surface area (Å²) in [7, 11) is 0. The quantitative estimate of drug-likeness (QED) is 0.649. The first-order chi connectivity index (χ1) is 9.20. The molecule has 1 aromatic heterocycles. The third kappa shape index (κ3) is 3.45. The van der Waals surface area contributed by atoms with Crippen LogP contribution in [-0.2, 0) is 0 Å². The predicted molar refractivity (Wildman–Crippen MR) is 76.4 cm³/mol. The molecule has 0 aliphatic rings. The molecule has 98 valence electrons. The molecule has 0 atom stereocenters. The van der Waals surface area contributed by atoms with Gasteiger partial charge in [-0.2, -0.15) is 0 Å². The number of rotatable bonds is 5. The van der Waals surface area contributed by atoms with Crippen LogP contribution in [0.25, 0.3) is 0 Å². The van der Waals surface area contributed by atoms with Crippen molar-refractivity contribution in [3.8, 4) is 0 Å². The Morgan fingerprint density at radius 1 is 1.53 bits per heavy atom. The number of aromatic amines is 1. The van der Waals surface area contributed by atoms with Gasteiger partial charge < -0.3 is 5.32 Å². The maximum absolute atomic E-state index is 12.0. The average Bonchev–Trinajstić information content (AvgIpc) is 2.84. The van der Waals surface area contributed by atoms with Gasteiger partial charge in [-0.05, 0) is 19.1 Å². The number of hydrogen-bond acceptors (Lipinski definition) is 4. The molecule has 2 N–H and O–H groups in total. The Balaban J connectivity index is 2.14. The van der Waals surface area contributed by atoms with E-state index in [1.54, 1.807) is 18.7 Å². The molecule has 0 radical (unpaired) electrons. The number of carbonyl (C=O) groups is 1. The van der Waals surface area contributed by atoms with Crippen molar-refractivity contribution in [1.82, 2.24) is 15.2 Å². The van der Waals surface area contributed by atoms with E-state index in [2.05, 4.69) is 27.1 Å². The first-order valence-electron chi connectivity index (χ1n) is 5.74. The Hall–Kier alpha value is -2.08. The molecule has 0 saturated heterocycles. The Morgan fingerprint density at radius 2 is 2.32 bits per heavy atom. The SMILES string of the molecule is C=CCSc1ccccc1NC(=O)c1n[nH]c(C)n1. The van der Waals surface area contributed by atoms with Crippen LogP contribution in [0.3, 0.4) is 0 Å². The van der Waals surface area contributed by atoms with Gasteiger partial charge in [-0.1, -0.05) is 18.2 Å². The number of para-hydroxylation sites is 1. The topological polar surface area (TPSA) is 70.7 Å². The van der Waals surface area contributed by atoms with Crippen molar-refractivity contribution in [3.05, 3.63) is 48.6 Å². The predicted octanol–water partition coefficient (Wildman–Crippen LogP) is 2.64. The third-order valence-corrected chi connectivity index (χ3v) is 3.36. The summed E-state index contributed by atoms with van der Waals surface area (Å²) in [6.07, 6.45) is 1.82. The number of aromatic nitrogens is 3. The Bertz CT molecular complexity index is 594. The van der Waals surface area contributed by atoms with Gasteiger partial charge in [0.2, 0.25) is 5.82 Å². The summed E-state index contributed by atoms with van der Waals surface area (Å²) in [5.74, 6) is 1.21. The molecule has 6 heteroatoms. The molecule has 1 heterocycles. The highest BCUT2D eigenvalue weighted by molar-refractivity contribution is 7.99. The van der Waals surface area contributed by atoms with E-state index < -0.39 is 0 Å². The Morgan fingerprint density at radius 3 is 3.00 bits per heavy atom. The lowest BCUT2D eigenvalue weighted by Gasteiger charge is -2.08. The molecule has 1 amide bonds. The van der Waals surface area contributed by atoms with E-state index in [0.29, 0.717) is 5.82 Å². The number of thioether (sulfide) groups is 1. The molecule has 5 nitrogen and oxygen atoms in total. The molecule has 0 spiro atoms. The molecule has 1 aromatic carbocycles. The summed E-state index contributed by atoms with van der Waals surface area (Å²) in [6, 6.07) is 7.60. The summed E-state index contributed by atoms with van der Waals surface area (Å²) in [6.45, 7) is 5.43. The van der Waals surface area contributed by atoms with Crippen molar-refractivity contribution in [2.75, 3.05) is 11.1 Å². The van der Waals surface area contributed by atoms with E-state index in [-0.39, 0.29) is 11.7 Å². The zero-order valence-corrected chi connectivity index (χ0v) is 11.3. The van der Waals surface area contributed by atoms with Gasteiger partial charge in [0.05, 0.1) is 5.69 Å². The normalized spacial score (nSPS) is 10.2. The van der Waals surface area contributed by atoms with Crippen molar-refractivity contribution < 1.29 is 4.79 Å². The standard InChI is InChI=1S/C13H14N4OS/c1-3-8-19-11-7-5-4-6-10(11)15-13(18)12-14-9(2)16-17-12/h3-7H,1,8H2,2H3,(H,15,18)(H,14,16,17). The Kier molecular flexibility index (Phi) is 4.35. The summed E-state index contributed by atoms with van der Waals surface area (Å²) in [5.41, 5.74) is 0.752. The fourth-order valence-electron chi connectivity index (χ4n) is 1.47. The molecule has 0 bridgehead atoms. The van der Waals surface area contributed by atoms with Crippen molar-refractivity contribution >= 4 is 23.4 Å². The molecule has 2 rings (SSSR count). The lowest BCUT2D eigenvalue weighted by atomic mass is 10.3. The van der Waals surface area contributed by atoms with Gasteiger partial charge >= 0.3 is 0 Å². The number of nitrogens with one attached hydrogen (secondary N) is 2. The van der Waals surface area contributed by atoms with Crippen LogP contribution in [-0.4, -0.2) is 26.8 Å². The van der Waals surface area contributed by atoms with E-state index in [1.807, 2.05) is 30.3 Å². The lowest BCUT2D eigenvalue weighted by molar-refractivity contribution is 0.101. The second-order valence-corrected chi connectivity index (χ2v) is 4.86. The zero-order chi connectivity index (χ0) is 13.7. The smallest absolute Gasteiger partial charge is 0.295 e. The van der Waals surface area contributed by atoms with Crippen LogP contribution < -0.4 is 5.32 Å². The summed E-state index contributed by atoms with van der Waals surface area (Å²) >= 11 is 1.61. The van der Waals surface area contributed by atoms with Crippen LogP contribution in [0.4, 0.5) is 5.69 Å². The molecule has 2 aromatic rings. The second kappa shape index (κ2) is 6.19. The molecule has 0 fully saturated rings. The van der Waals surface area contributed by atoms with Gasteiger partial charge in [0.15, 0.2) is 0 Å². The number of hydrogen-bond donors (Lipinski definition) is 2. The fourth-order valence-corrected chi connectivity index (χ4v) is 2.21. The number of aryl methyl sites for hydroxylation is 1. The number of amides is 1. The molecule has 19 heavy (non-hydrogen) atoms. The summed E-state index contributed by atoms with van der Waals surface area (Å²) in [5, 5.41) is 9.29. The van der Waals surface area contributed by atoms with Crippen LogP contribution in [0.2, 0.25) is 0 Å². The van der Waals surface area contributed by atoms with E-state index in [9.17, 15) is 4.79 Å². The highest BCUT2D eigenvalue weighted by Gasteiger charge is 2.13. The number of H-pyrrole nitrogens is 1. The first-order valence-corrected chi connectivity index (χ1v) is 6.72. The van der Waals surface area contributed by atoms with Crippen molar-refractivity contribution in [1.29, 1.82) is 0 Å². The minimum absolute atomic E-state index is 0.140. The highest BCUT2D eigenvalue weighted by atomic mass is 32.2. The molecular weight excluding hydrogens is 260 g/mol. The minimum Gasteiger partial charge on any atom is -0.318 e. The molecular formula is C13H14N4OS. The van der Waals surface area contributed by atoms with Crippen LogP contribution in [0.1, 0.15) is 16.4 Å². The maximum atomic E-state index is 12.0. The van der Waals surface area contributed by atoms with Crippen molar-refractivity contribution in [3.63, 3.8) is 0 Å². The zero-order valence-electron chi connectivity index (χ0n) is 10.5. The van der Waals surface area contributed by atoms with E-state index >= 15 is 0 Å². The Labute approximate surface area is 115 Å². The van der Waals surface area contributed by atoms with Crippen LogP contribution in [0.5, 0.6) is 0 Å². The van der Waals surface area contributed by atoms with Gasteiger partial charge in [-0.25, -0.2) is 4.98 Å². The van der Waals surface area contributed by atoms with Crippen molar-refractivity contribution in [2.24, 2.45) is 0 Å². The number of anilines is 1. The summed E-state index contributed by atoms with van der Waals surface area (Å²) < 4.78 is 0. The molecule has 0 aliphatic carbocycles. The van der Waals surface area contributed by atoms with Crippen LogP contribution >= 0.6 is 11.8 Å². The van der Waals surface area contributed by atoms with E-state index in [1.165, 1.54) is 0 Å². The van der Waals surface area contributed by atoms with Crippen LogP contribution in [0, 0.1) is 6.92 Å². The average molecular weight is 274 g/mol. The van der Waals surface area contributed by atoms with Gasteiger partial charge in [0.25, 0.3) is 5.91 Å². The van der Waals surface area contributed by atoms with Crippen molar-refractivity contribution in [2.45, 2.75) is 11.8 Å². The minimum atomic E-state index is -0.323. The maximum Gasteiger partial charge on any atom is 0.295 e. The highest BCUT2D eigenvalue weighted by Crippen LogP contribution is 2.27. The summed E-state index contributed by atoms with van der Waals surface area (Å²) in [4.78, 5) is 17.0.